The van der Waals surface area contributed by atoms with Crippen LogP contribution in [0.1, 0.15) is 27.6 Å². The molecular formula is C16H20N4OS2. The van der Waals surface area contributed by atoms with Gasteiger partial charge >= 0.3 is 0 Å². The molecule has 1 fully saturated rings. The SMILES string of the molecule is Cn1ccnc1C1CNCCN1C(=O)C1SCCc2sccc21. The van der Waals surface area contributed by atoms with Crippen molar-refractivity contribution in [3.05, 3.63) is 40.1 Å². The number of piperazine rings is 1. The zero-order valence-corrected chi connectivity index (χ0v) is 14.7. The van der Waals surface area contributed by atoms with Crippen molar-refractivity contribution in [1.29, 1.82) is 0 Å². The first kappa shape index (κ1) is 15.2. The molecule has 2 aromatic rings. The summed E-state index contributed by atoms with van der Waals surface area (Å²) < 4.78 is 2.02. The molecule has 2 unspecified atom stereocenters. The third-order valence-electron chi connectivity index (χ3n) is 4.58. The topological polar surface area (TPSA) is 50.2 Å². The lowest BCUT2D eigenvalue weighted by molar-refractivity contribution is -0.134. The van der Waals surface area contributed by atoms with Gasteiger partial charge in [0.2, 0.25) is 5.91 Å². The van der Waals surface area contributed by atoms with Crippen LogP contribution in [-0.4, -0.2) is 45.7 Å². The molecule has 5 nitrogen and oxygen atoms in total. The largest absolute Gasteiger partial charge is 0.336 e. The van der Waals surface area contributed by atoms with Crippen molar-refractivity contribution in [3.63, 3.8) is 0 Å². The Morgan fingerprint density at radius 1 is 1.48 bits per heavy atom. The van der Waals surface area contributed by atoms with Crippen LogP contribution in [0, 0.1) is 0 Å². The fourth-order valence-electron chi connectivity index (χ4n) is 3.40. The Bertz CT molecular complexity index is 711. The van der Waals surface area contributed by atoms with Crippen molar-refractivity contribution < 1.29 is 4.79 Å². The Morgan fingerprint density at radius 3 is 3.22 bits per heavy atom. The maximum absolute atomic E-state index is 13.3. The average molecular weight is 348 g/mol. The van der Waals surface area contributed by atoms with Crippen LogP contribution < -0.4 is 5.32 Å². The number of thiophene rings is 1. The average Bonchev–Trinajstić information content (AvgIpc) is 3.22. The fourth-order valence-corrected chi connectivity index (χ4v) is 5.76. The van der Waals surface area contributed by atoms with E-state index in [4.69, 9.17) is 0 Å². The van der Waals surface area contributed by atoms with Gasteiger partial charge in [0.25, 0.3) is 0 Å². The van der Waals surface area contributed by atoms with E-state index in [0.29, 0.717) is 0 Å². The number of fused-ring (bicyclic) bond motifs is 1. The first-order chi connectivity index (χ1) is 11.3. The summed E-state index contributed by atoms with van der Waals surface area (Å²) in [6.07, 6.45) is 4.84. The van der Waals surface area contributed by atoms with E-state index in [1.165, 1.54) is 10.4 Å². The van der Waals surface area contributed by atoms with E-state index >= 15 is 0 Å². The normalized spacial score (nSPS) is 24.5. The Hall–Kier alpha value is -1.31. The third-order valence-corrected chi connectivity index (χ3v) is 6.81. The van der Waals surface area contributed by atoms with E-state index < -0.39 is 0 Å². The minimum absolute atomic E-state index is 0.0147. The number of aromatic nitrogens is 2. The van der Waals surface area contributed by atoms with Gasteiger partial charge in [0.15, 0.2) is 0 Å². The van der Waals surface area contributed by atoms with E-state index in [2.05, 4.69) is 21.7 Å². The lowest BCUT2D eigenvalue weighted by Gasteiger charge is -2.38. The van der Waals surface area contributed by atoms with Crippen LogP contribution in [0.5, 0.6) is 0 Å². The van der Waals surface area contributed by atoms with Crippen molar-refractivity contribution in [2.75, 3.05) is 25.4 Å². The van der Waals surface area contributed by atoms with Crippen molar-refractivity contribution in [2.24, 2.45) is 7.05 Å². The second-order valence-corrected chi connectivity index (χ2v) is 8.16. The van der Waals surface area contributed by atoms with Crippen LogP contribution in [0.2, 0.25) is 0 Å². The third kappa shape index (κ3) is 2.70. The highest BCUT2D eigenvalue weighted by Gasteiger charge is 2.37. The Morgan fingerprint density at radius 2 is 2.39 bits per heavy atom. The molecular weight excluding hydrogens is 328 g/mol. The van der Waals surface area contributed by atoms with Gasteiger partial charge in [-0.15, -0.1) is 23.1 Å². The second-order valence-electron chi connectivity index (χ2n) is 5.95. The predicted molar refractivity (Wildman–Crippen MR) is 93.8 cm³/mol. The van der Waals surface area contributed by atoms with Gasteiger partial charge in [-0.05, 0) is 29.2 Å². The zero-order chi connectivity index (χ0) is 15.8. The van der Waals surface area contributed by atoms with E-state index in [1.807, 2.05) is 22.7 Å². The van der Waals surface area contributed by atoms with E-state index in [0.717, 1.165) is 37.6 Å². The molecule has 4 heterocycles. The molecule has 1 N–H and O–H groups in total. The van der Waals surface area contributed by atoms with Gasteiger partial charge in [0.1, 0.15) is 17.1 Å². The number of nitrogens with one attached hydrogen (secondary N) is 1. The number of nitrogens with zero attached hydrogens (tertiary/aromatic N) is 3. The van der Waals surface area contributed by atoms with E-state index in [9.17, 15) is 4.79 Å². The van der Waals surface area contributed by atoms with Gasteiger partial charge < -0.3 is 14.8 Å². The highest BCUT2D eigenvalue weighted by atomic mass is 32.2. The molecule has 1 amide bonds. The standard InChI is InChI=1S/C16H20N4OS2/c1-19-6-5-18-15(19)12-10-17-4-7-20(12)16(21)14-11-2-8-22-13(11)3-9-23-14/h2,5-6,8,12,14,17H,3-4,7,9-10H2,1H3. The molecule has 2 aromatic heterocycles. The molecule has 0 aliphatic carbocycles. The molecule has 1 saturated heterocycles. The number of carbonyl (C=O) groups excluding carboxylic acids is 1. The van der Waals surface area contributed by atoms with E-state index in [1.54, 1.807) is 29.3 Å². The monoisotopic (exact) mass is 348 g/mol. The number of hydrogen-bond acceptors (Lipinski definition) is 5. The summed E-state index contributed by atoms with van der Waals surface area (Å²) in [6, 6.07) is 2.15. The van der Waals surface area contributed by atoms with Crippen molar-refractivity contribution in [2.45, 2.75) is 17.7 Å². The number of rotatable bonds is 2. The van der Waals surface area contributed by atoms with Crippen molar-refractivity contribution in [1.82, 2.24) is 19.8 Å². The number of imidazole rings is 1. The molecule has 2 atom stereocenters. The molecule has 2 aliphatic rings. The first-order valence-electron chi connectivity index (χ1n) is 7.92. The van der Waals surface area contributed by atoms with Gasteiger partial charge in [-0.2, -0.15) is 0 Å². The maximum atomic E-state index is 13.3. The van der Waals surface area contributed by atoms with Crippen LogP contribution >= 0.6 is 23.1 Å². The molecule has 4 rings (SSSR count). The van der Waals surface area contributed by atoms with Crippen LogP contribution in [0.15, 0.2) is 23.8 Å². The van der Waals surface area contributed by atoms with Gasteiger partial charge in [0, 0.05) is 44.0 Å². The van der Waals surface area contributed by atoms with Gasteiger partial charge in [0.05, 0.1) is 0 Å². The molecule has 23 heavy (non-hydrogen) atoms. The van der Waals surface area contributed by atoms with Crippen LogP contribution in [0.25, 0.3) is 0 Å². The fraction of sp³-hybridized carbons (Fsp3) is 0.500. The minimum atomic E-state index is -0.0501. The number of hydrogen-bond donors (Lipinski definition) is 1. The Kier molecular flexibility index (Phi) is 4.17. The minimum Gasteiger partial charge on any atom is -0.336 e. The first-order valence-corrected chi connectivity index (χ1v) is 9.85. The molecule has 0 saturated carbocycles. The summed E-state index contributed by atoms with van der Waals surface area (Å²) >= 11 is 3.56. The molecule has 0 spiro atoms. The highest BCUT2D eigenvalue weighted by molar-refractivity contribution is 8.00. The molecule has 122 valence electrons. The molecule has 0 aromatic carbocycles. The molecule has 0 radical (unpaired) electrons. The van der Waals surface area contributed by atoms with Crippen molar-refractivity contribution in [3.8, 4) is 0 Å². The maximum Gasteiger partial charge on any atom is 0.240 e. The summed E-state index contributed by atoms with van der Waals surface area (Å²) in [5.41, 5.74) is 1.23. The van der Waals surface area contributed by atoms with Crippen LogP contribution in [-0.2, 0) is 18.3 Å². The Balaban J connectivity index is 1.63. The predicted octanol–water partition coefficient (Wildman–Crippen LogP) is 1.99. The summed E-state index contributed by atoms with van der Waals surface area (Å²) in [5.74, 6) is 2.23. The summed E-state index contributed by atoms with van der Waals surface area (Å²) in [4.78, 5) is 21.2. The second kappa shape index (κ2) is 6.30. The summed E-state index contributed by atoms with van der Waals surface area (Å²) in [7, 11) is 1.99. The summed E-state index contributed by atoms with van der Waals surface area (Å²) in [5, 5.41) is 5.47. The quantitative estimate of drug-likeness (QED) is 0.902. The highest BCUT2D eigenvalue weighted by Crippen LogP contribution is 2.41. The molecule has 2 aliphatic heterocycles. The van der Waals surface area contributed by atoms with Gasteiger partial charge in [-0.3, -0.25) is 4.79 Å². The smallest absolute Gasteiger partial charge is 0.240 e. The molecule has 7 heteroatoms. The lowest BCUT2D eigenvalue weighted by Crippen LogP contribution is -2.50. The van der Waals surface area contributed by atoms with Crippen LogP contribution in [0.4, 0.5) is 0 Å². The summed E-state index contributed by atoms with van der Waals surface area (Å²) in [6.45, 7) is 2.36. The van der Waals surface area contributed by atoms with Crippen LogP contribution in [0.3, 0.4) is 0 Å². The number of aryl methyl sites for hydroxylation is 2. The Labute approximate surface area is 144 Å². The number of carbonyl (C=O) groups is 1. The number of thioether (sulfide) groups is 1. The molecule has 0 bridgehead atoms. The van der Waals surface area contributed by atoms with Gasteiger partial charge in [-0.1, -0.05) is 0 Å². The van der Waals surface area contributed by atoms with Gasteiger partial charge in [-0.25, -0.2) is 4.98 Å². The van der Waals surface area contributed by atoms with Crippen molar-refractivity contribution >= 4 is 29.0 Å². The van der Waals surface area contributed by atoms with E-state index in [-0.39, 0.29) is 17.2 Å². The number of amides is 1. The lowest BCUT2D eigenvalue weighted by atomic mass is 10.1. The zero-order valence-electron chi connectivity index (χ0n) is 13.1.